The molecule has 0 radical (unpaired) electrons. The Labute approximate surface area is 204 Å². The lowest BCUT2D eigenvalue weighted by Gasteiger charge is -2.64. The van der Waals surface area contributed by atoms with E-state index in [2.05, 4.69) is 66.9 Å². The van der Waals surface area contributed by atoms with Crippen molar-refractivity contribution in [1.82, 2.24) is 9.47 Å². The quantitative estimate of drug-likeness (QED) is 0.418. The highest BCUT2D eigenvalue weighted by atomic mass is 16.5. The molecule has 4 aliphatic rings. The van der Waals surface area contributed by atoms with E-state index in [-0.39, 0.29) is 16.9 Å². The predicted molar refractivity (Wildman–Crippen MR) is 140 cm³/mol. The van der Waals surface area contributed by atoms with E-state index in [1.807, 2.05) is 27.7 Å². The van der Waals surface area contributed by atoms with Crippen molar-refractivity contribution in [3.63, 3.8) is 0 Å². The molecular formula is C30H40N2O2. The number of para-hydroxylation sites is 1. The minimum atomic E-state index is 0.0107. The van der Waals surface area contributed by atoms with E-state index < -0.39 is 0 Å². The van der Waals surface area contributed by atoms with Gasteiger partial charge in [0.1, 0.15) is 6.10 Å². The standard InChI is InChI=1S/C26H28N2O2.2C2H6/c1-25-14-17-16-7-5-6-8-18(16)28(3)22(17)24-26(25)11-12-27(2)20(25)13-15-9-10-19(29-4)23(30-24)21(15)26;2*1-2/h5-10,20,24H,11-14H2,1-4H3;2*1-2H3. The highest BCUT2D eigenvalue weighted by Gasteiger charge is 2.70. The van der Waals surface area contributed by atoms with Crippen LogP contribution in [-0.4, -0.2) is 36.2 Å². The van der Waals surface area contributed by atoms with Gasteiger partial charge in [-0.25, -0.2) is 0 Å². The van der Waals surface area contributed by atoms with Gasteiger partial charge in [0.15, 0.2) is 11.5 Å². The van der Waals surface area contributed by atoms with Crippen molar-refractivity contribution in [2.75, 3.05) is 20.7 Å². The third kappa shape index (κ3) is 2.53. The molecule has 0 amide bonds. The molecule has 0 saturated carbocycles. The van der Waals surface area contributed by atoms with Gasteiger partial charge in [-0.2, -0.15) is 0 Å². The SMILES string of the molecule is CC.CC.COc1ccc2c3c1OC1c4c(c5ccccc5n4C)CC4(C)C(C2)N(C)CCC314. The Morgan fingerprint density at radius 2 is 1.76 bits per heavy atom. The second-order valence-electron chi connectivity index (χ2n) is 10.1. The summed E-state index contributed by atoms with van der Waals surface area (Å²) in [4.78, 5) is 2.61. The predicted octanol–water partition coefficient (Wildman–Crippen LogP) is 6.43. The molecule has 0 N–H and O–H groups in total. The number of nitrogens with zero attached hydrogens (tertiary/aromatic N) is 2. The summed E-state index contributed by atoms with van der Waals surface area (Å²) in [6.07, 6.45) is 3.38. The van der Waals surface area contributed by atoms with E-state index in [1.165, 1.54) is 33.3 Å². The molecule has 4 nitrogen and oxygen atoms in total. The first-order valence-electron chi connectivity index (χ1n) is 13.1. The van der Waals surface area contributed by atoms with Crippen LogP contribution in [0.2, 0.25) is 0 Å². The molecule has 1 fully saturated rings. The second-order valence-corrected chi connectivity index (χ2v) is 10.1. The van der Waals surface area contributed by atoms with Crippen LogP contribution in [0.4, 0.5) is 0 Å². The Morgan fingerprint density at radius 1 is 1.03 bits per heavy atom. The molecule has 2 bridgehead atoms. The Kier molecular flexibility index (Phi) is 5.51. The minimum Gasteiger partial charge on any atom is -0.493 e. The molecule has 2 aromatic carbocycles. The number of aromatic nitrogens is 1. The van der Waals surface area contributed by atoms with E-state index >= 15 is 0 Å². The molecule has 1 aromatic heterocycles. The number of hydrogen-bond acceptors (Lipinski definition) is 3. The second kappa shape index (κ2) is 8.05. The van der Waals surface area contributed by atoms with Crippen molar-refractivity contribution in [3.8, 4) is 11.5 Å². The van der Waals surface area contributed by atoms with Crippen LogP contribution >= 0.6 is 0 Å². The normalized spacial score (nSPS) is 29.6. The number of likely N-dealkylation sites (tertiary alicyclic amines) is 1. The molecule has 4 unspecified atom stereocenters. The summed E-state index contributed by atoms with van der Waals surface area (Å²) in [5.74, 6) is 1.89. The average molecular weight is 461 g/mol. The molecule has 3 heterocycles. The van der Waals surface area contributed by atoms with E-state index in [0.717, 1.165) is 37.3 Å². The van der Waals surface area contributed by atoms with E-state index in [0.29, 0.717) is 6.04 Å². The number of piperidine rings is 1. The van der Waals surface area contributed by atoms with Crippen molar-refractivity contribution in [2.24, 2.45) is 12.5 Å². The summed E-state index contributed by atoms with van der Waals surface area (Å²) in [5, 5.41) is 1.39. The zero-order valence-corrected chi connectivity index (χ0v) is 22.2. The molecule has 7 rings (SSSR count). The van der Waals surface area contributed by atoms with Gasteiger partial charge in [-0.3, -0.25) is 0 Å². The number of benzene rings is 2. The molecule has 4 heteroatoms. The third-order valence-electron chi connectivity index (χ3n) is 9.17. The van der Waals surface area contributed by atoms with Gasteiger partial charge in [0.2, 0.25) is 0 Å². The zero-order chi connectivity index (χ0) is 24.4. The zero-order valence-electron chi connectivity index (χ0n) is 22.2. The number of ether oxygens (including phenoxy) is 2. The Hall–Kier alpha value is -2.46. The fraction of sp³-hybridized carbons (Fsp3) is 0.533. The minimum absolute atomic E-state index is 0.0107. The summed E-state index contributed by atoms with van der Waals surface area (Å²) in [7, 11) is 6.31. The molecule has 4 atom stereocenters. The highest BCUT2D eigenvalue weighted by Crippen LogP contribution is 2.72. The van der Waals surface area contributed by atoms with E-state index in [9.17, 15) is 0 Å². The number of rotatable bonds is 1. The van der Waals surface area contributed by atoms with Gasteiger partial charge in [0.05, 0.1) is 18.2 Å². The molecule has 2 aliphatic carbocycles. The van der Waals surface area contributed by atoms with Gasteiger partial charge in [-0.05, 0) is 56.1 Å². The number of aryl methyl sites for hydroxylation is 1. The van der Waals surface area contributed by atoms with Gasteiger partial charge < -0.3 is 18.9 Å². The van der Waals surface area contributed by atoms with Crippen molar-refractivity contribution >= 4 is 10.9 Å². The monoisotopic (exact) mass is 460 g/mol. The smallest absolute Gasteiger partial charge is 0.166 e. The van der Waals surface area contributed by atoms with Crippen molar-refractivity contribution in [1.29, 1.82) is 0 Å². The summed E-state index contributed by atoms with van der Waals surface area (Å²) in [6, 6.07) is 13.8. The molecule has 3 aromatic rings. The summed E-state index contributed by atoms with van der Waals surface area (Å²) >= 11 is 0. The van der Waals surface area contributed by atoms with Crippen LogP contribution in [-0.2, 0) is 25.3 Å². The van der Waals surface area contributed by atoms with Crippen LogP contribution in [0, 0.1) is 5.41 Å². The largest absolute Gasteiger partial charge is 0.493 e. The molecule has 1 saturated heterocycles. The maximum atomic E-state index is 6.97. The fourth-order valence-corrected chi connectivity index (χ4v) is 7.84. The molecule has 2 aliphatic heterocycles. The maximum absolute atomic E-state index is 6.97. The van der Waals surface area contributed by atoms with Gasteiger partial charge in [-0.1, -0.05) is 58.9 Å². The van der Waals surface area contributed by atoms with Crippen molar-refractivity contribution in [2.45, 2.75) is 71.4 Å². The maximum Gasteiger partial charge on any atom is 0.166 e. The van der Waals surface area contributed by atoms with Crippen LogP contribution in [0.15, 0.2) is 36.4 Å². The van der Waals surface area contributed by atoms with Crippen LogP contribution in [0.5, 0.6) is 11.5 Å². The van der Waals surface area contributed by atoms with E-state index in [4.69, 9.17) is 9.47 Å². The average Bonchev–Trinajstić information content (AvgIpc) is 3.36. The van der Waals surface area contributed by atoms with Crippen molar-refractivity contribution in [3.05, 3.63) is 58.8 Å². The Bertz CT molecular complexity index is 1240. The molecular weight excluding hydrogens is 420 g/mol. The van der Waals surface area contributed by atoms with Crippen LogP contribution in [0.25, 0.3) is 10.9 Å². The van der Waals surface area contributed by atoms with Crippen LogP contribution in [0.1, 0.15) is 69.5 Å². The number of fused-ring (bicyclic) bond motifs is 4. The van der Waals surface area contributed by atoms with Gasteiger partial charge in [0.25, 0.3) is 0 Å². The number of hydrogen-bond donors (Lipinski definition) is 0. The molecule has 34 heavy (non-hydrogen) atoms. The third-order valence-corrected chi connectivity index (χ3v) is 9.17. The van der Waals surface area contributed by atoms with Gasteiger partial charge in [0, 0.05) is 35.0 Å². The highest BCUT2D eigenvalue weighted by molar-refractivity contribution is 5.87. The Morgan fingerprint density at radius 3 is 2.50 bits per heavy atom. The first kappa shape index (κ1) is 23.3. The van der Waals surface area contributed by atoms with Gasteiger partial charge in [-0.15, -0.1) is 0 Å². The molecule has 182 valence electrons. The number of methoxy groups -OCH3 is 1. The summed E-state index contributed by atoms with van der Waals surface area (Å²) < 4.78 is 15.2. The first-order chi connectivity index (χ1) is 16.5. The molecule has 1 spiro atoms. The van der Waals surface area contributed by atoms with Gasteiger partial charge >= 0.3 is 0 Å². The summed E-state index contributed by atoms with van der Waals surface area (Å²) in [5.41, 5.74) is 7.24. The lowest BCUT2D eigenvalue weighted by Crippen LogP contribution is -2.68. The Balaban J connectivity index is 0.000000574. The lowest BCUT2D eigenvalue weighted by atomic mass is 9.44. The first-order valence-corrected chi connectivity index (χ1v) is 13.1. The van der Waals surface area contributed by atoms with Crippen LogP contribution < -0.4 is 9.47 Å². The lowest BCUT2D eigenvalue weighted by molar-refractivity contribution is -0.0912. The number of likely N-dealkylation sites (N-methyl/N-ethyl adjacent to an activating group) is 1. The fourth-order valence-electron chi connectivity index (χ4n) is 7.84. The van der Waals surface area contributed by atoms with Crippen molar-refractivity contribution < 1.29 is 9.47 Å². The van der Waals surface area contributed by atoms with E-state index in [1.54, 1.807) is 7.11 Å². The van der Waals surface area contributed by atoms with Crippen LogP contribution in [0.3, 0.4) is 0 Å². The summed E-state index contributed by atoms with van der Waals surface area (Å²) in [6.45, 7) is 11.7. The topological polar surface area (TPSA) is 26.6 Å².